The van der Waals surface area contributed by atoms with Crippen molar-refractivity contribution in [1.29, 1.82) is 0 Å². The highest BCUT2D eigenvalue weighted by molar-refractivity contribution is 5.67. The second-order valence-electron chi connectivity index (χ2n) is 8.19. The lowest BCUT2D eigenvalue weighted by molar-refractivity contribution is -0.0575. The molecule has 1 atom stereocenters. The van der Waals surface area contributed by atoms with Crippen LogP contribution < -0.4 is 5.32 Å². The first-order chi connectivity index (χ1) is 12.1. The van der Waals surface area contributed by atoms with Crippen LogP contribution in [-0.4, -0.2) is 36.6 Å². The molecule has 0 saturated heterocycles. The molecule has 1 amide bonds. The molecule has 0 bridgehead atoms. The zero-order valence-electron chi connectivity index (χ0n) is 16.9. The minimum absolute atomic E-state index is 0.241. The Bertz CT molecular complexity index is 536. The van der Waals surface area contributed by atoms with Crippen molar-refractivity contribution >= 4 is 6.09 Å². The van der Waals surface area contributed by atoms with Gasteiger partial charge in [0.05, 0.1) is 12.2 Å². The van der Waals surface area contributed by atoms with Crippen LogP contribution in [0.4, 0.5) is 4.79 Å². The van der Waals surface area contributed by atoms with E-state index < -0.39 is 6.09 Å². The van der Waals surface area contributed by atoms with Crippen molar-refractivity contribution in [2.24, 2.45) is 5.41 Å². The number of carbonyl (C=O) groups excluding carboxylic acids is 1. The average molecular weight is 366 g/mol. The molecule has 0 aliphatic rings. The highest BCUT2D eigenvalue weighted by Crippen LogP contribution is 2.24. The van der Waals surface area contributed by atoms with Crippen molar-refractivity contribution in [1.82, 2.24) is 5.32 Å². The minimum Gasteiger partial charge on any atom is -0.508 e. The quantitative estimate of drug-likeness (QED) is 0.632. The molecule has 1 rings (SSSR count). The Morgan fingerprint density at radius 3 is 2.31 bits per heavy atom. The van der Waals surface area contributed by atoms with Crippen LogP contribution in [0, 0.1) is 5.41 Å². The predicted molar refractivity (Wildman–Crippen MR) is 104 cm³/mol. The zero-order chi connectivity index (χ0) is 19.6. The predicted octanol–water partition coefficient (Wildman–Crippen LogP) is 4.67. The van der Waals surface area contributed by atoms with E-state index in [0.29, 0.717) is 32.6 Å². The van der Waals surface area contributed by atoms with E-state index in [0.717, 1.165) is 18.4 Å². The second-order valence-corrected chi connectivity index (χ2v) is 8.19. The van der Waals surface area contributed by atoms with E-state index in [2.05, 4.69) is 39.9 Å². The molecule has 148 valence electrons. The molecule has 1 aromatic rings. The Morgan fingerprint density at radius 1 is 1.08 bits per heavy atom. The van der Waals surface area contributed by atoms with E-state index in [4.69, 9.17) is 9.47 Å². The third-order valence-corrected chi connectivity index (χ3v) is 4.53. The monoisotopic (exact) mass is 365 g/mol. The Labute approximate surface area is 158 Å². The number of hydrogen-bond acceptors (Lipinski definition) is 4. The van der Waals surface area contributed by atoms with Crippen molar-refractivity contribution in [2.75, 3.05) is 19.8 Å². The summed E-state index contributed by atoms with van der Waals surface area (Å²) < 4.78 is 11.3. The van der Waals surface area contributed by atoms with Crippen LogP contribution in [0.2, 0.25) is 0 Å². The molecule has 2 N–H and O–H groups in total. The number of alkyl carbamates (subject to hydrolysis) is 1. The second kappa shape index (κ2) is 10.4. The summed E-state index contributed by atoms with van der Waals surface area (Å²) in [5.74, 6) is 0.241. The van der Waals surface area contributed by atoms with E-state index >= 15 is 0 Å². The normalized spacial score (nSPS) is 13.9. The number of carbonyl (C=O) groups is 1. The van der Waals surface area contributed by atoms with Crippen molar-refractivity contribution in [3.8, 4) is 5.75 Å². The number of phenolic OH excluding ortho intramolecular Hbond substituents is 1. The fraction of sp³-hybridized carbons (Fsp3) is 0.667. The van der Waals surface area contributed by atoms with E-state index in [1.807, 2.05) is 12.1 Å². The van der Waals surface area contributed by atoms with Crippen LogP contribution in [0.15, 0.2) is 24.3 Å². The van der Waals surface area contributed by atoms with Gasteiger partial charge in [-0.2, -0.15) is 0 Å². The maximum absolute atomic E-state index is 11.8. The lowest BCUT2D eigenvalue weighted by Crippen LogP contribution is -2.33. The summed E-state index contributed by atoms with van der Waals surface area (Å²) in [5.41, 5.74) is 1.04. The van der Waals surface area contributed by atoms with Crippen molar-refractivity contribution < 1.29 is 19.4 Å². The van der Waals surface area contributed by atoms with E-state index in [1.165, 1.54) is 0 Å². The summed E-state index contributed by atoms with van der Waals surface area (Å²) in [5, 5.41) is 12.0. The fourth-order valence-electron chi connectivity index (χ4n) is 2.34. The summed E-state index contributed by atoms with van der Waals surface area (Å²) in [7, 11) is 0. The minimum atomic E-state index is -0.406. The molecular weight excluding hydrogens is 330 g/mol. The number of amides is 1. The van der Waals surface area contributed by atoms with Crippen LogP contribution in [0.3, 0.4) is 0 Å². The van der Waals surface area contributed by atoms with Crippen molar-refractivity contribution in [3.63, 3.8) is 0 Å². The number of rotatable bonds is 10. The maximum atomic E-state index is 11.8. The van der Waals surface area contributed by atoms with Crippen LogP contribution >= 0.6 is 0 Å². The highest BCUT2D eigenvalue weighted by atomic mass is 16.6. The number of nitrogens with one attached hydrogen (secondary N) is 1. The van der Waals surface area contributed by atoms with E-state index in [-0.39, 0.29) is 16.8 Å². The maximum Gasteiger partial charge on any atom is 0.407 e. The Kier molecular flexibility index (Phi) is 8.93. The molecule has 0 spiro atoms. The first-order valence-corrected chi connectivity index (χ1v) is 9.46. The SMILES string of the molecule is CCC(C)(CCOC(=O)NCCc1ccc(O)cc1)OCCC(C)(C)C. The molecule has 5 heteroatoms. The Hall–Kier alpha value is -1.75. The number of hydrogen-bond donors (Lipinski definition) is 2. The first-order valence-electron chi connectivity index (χ1n) is 9.46. The number of aromatic hydroxyl groups is 1. The molecule has 0 aliphatic heterocycles. The Morgan fingerprint density at radius 2 is 1.73 bits per heavy atom. The topological polar surface area (TPSA) is 67.8 Å². The van der Waals surface area contributed by atoms with Gasteiger partial charge < -0.3 is 19.9 Å². The average Bonchev–Trinajstić information content (AvgIpc) is 2.55. The molecule has 0 aliphatic carbocycles. The van der Waals surface area contributed by atoms with Gasteiger partial charge in [0.25, 0.3) is 0 Å². The smallest absolute Gasteiger partial charge is 0.407 e. The highest BCUT2D eigenvalue weighted by Gasteiger charge is 2.24. The largest absolute Gasteiger partial charge is 0.508 e. The molecule has 0 aromatic heterocycles. The first kappa shape index (κ1) is 22.3. The summed E-state index contributed by atoms with van der Waals surface area (Å²) in [6, 6.07) is 6.95. The van der Waals surface area contributed by atoms with Gasteiger partial charge in [-0.25, -0.2) is 4.79 Å². The summed E-state index contributed by atoms with van der Waals surface area (Å²) in [4.78, 5) is 11.8. The standard InChI is InChI=1S/C21H35NO4/c1-6-21(5,26-16-12-20(2,3)4)13-15-25-19(24)22-14-11-17-7-9-18(23)10-8-17/h7-10,23H,6,11-16H2,1-5H3,(H,22,24). The third kappa shape index (κ3) is 9.66. The third-order valence-electron chi connectivity index (χ3n) is 4.53. The molecule has 5 nitrogen and oxygen atoms in total. The van der Waals surface area contributed by atoms with Gasteiger partial charge >= 0.3 is 6.09 Å². The number of benzene rings is 1. The molecule has 0 heterocycles. The van der Waals surface area contributed by atoms with Crippen LogP contribution in [-0.2, 0) is 15.9 Å². The lowest BCUT2D eigenvalue weighted by atomic mass is 9.92. The zero-order valence-corrected chi connectivity index (χ0v) is 16.9. The molecule has 0 radical (unpaired) electrons. The van der Waals surface area contributed by atoms with Gasteiger partial charge in [0.15, 0.2) is 0 Å². The number of ether oxygens (including phenoxy) is 2. The van der Waals surface area contributed by atoms with E-state index in [1.54, 1.807) is 12.1 Å². The lowest BCUT2D eigenvalue weighted by Gasteiger charge is -2.30. The van der Waals surface area contributed by atoms with Crippen molar-refractivity contribution in [2.45, 2.75) is 65.9 Å². The van der Waals surface area contributed by atoms with Gasteiger partial charge in [0, 0.05) is 19.6 Å². The van der Waals surface area contributed by atoms with Gasteiger partial charge in [-0.3, -0.25) is 0 Å². The van der Waals surface area contributed by atoms with Crippen LogP contribution in [0.1, 0.15) is 59.4 Å². The molecule has 0 saturated carbocycles. The molecule has 1 aromatic carbocycles. The van der Waals surface area contributed by atoms with Gasteiger partial charge in [0.1, 0.15) is 5.75 Å². The number of phenols is 1. The van der Waals surface area contributed by atoms with Gasteiger partial charge in [0.2, 0.25) is 0 Å². The molecule has 0 fully saturated rings. The summed E-state index contributed by atoms with van der Waals surface area (Å²) in [6.45, 7) is 12.3. The fourth-order valence-corrected chi connectivity index (χ4v) is 2.34. The van der Waals surface area contributed by atoms with Gasteiger partial charge in [-0.1, -0.05) is 39.8 Å². The van der Waals surface area contributed by atoms with Gasteiger partial charge in [-0.05, 0) is 49.3 Å². The Balaban J connectivity index is 2.22. The molecule has 1 unspecified atom stereocenters. The van der Waals surface area contributed by atoms with Crippen molar-refractivity contribution in [3.05, 3.63) is 29.8 Å². The molecule has 26 heavy (non-hydrogen) atoms. The summed E-state index contributed by atoms with van der Waals surface area (Å²) >= 11 is 0. The van der Waals surface area contributed by atoms with Crippen LogP contribution in [0.25, 0.3) is 0 Å². The molecular formula is C21H35NO4. The summed E-state index contributed by atoms with van der Waals surface area (Å²) in [6.07, 6.45) is 2.85. The van der Waals surface area contributed by atoms with Gasteiger partial charge in [-0.15, -0.1) is 0 Å². The van der Waals surface area contributed by atoms with Crippen LogP contribution in [0.5, 0.6) is 5.75 Å². The van der Waals surface area contributed by atoms with E-state index in [9.17, 15) is 9.90 Å².